The largest absolute Gasteiger partial charge is 0.504 e. The maximum Gasteiger partial charge on any atom is 0.263 e. The molecule has 1 aliphatic heterocycles. The zero-order chi connectivity index (χ0) is 32.2. The molecule has 3 atom stereocenters. The molecule has 1 saturated heterocycles. The average Bonchev–Trinajstić information content (AvgIpc) is 3.79. The summed E-state index contributed by atoms with van der Waals surface area (Å²) in [6.45, 7) is 7.14. The Kier molecular flexibility index (Phi) is 8.18. The van der Waals surface area contributed by atoms with Gasteiger partial charge in [0.05, 0.1) is 34.5 Å². The highest BCUT2D eigenvalue weighted by molar-refractivity contribution is 6.33. The van der Waals surface area contributed by atoms with Crippen molar-refractivity contribution in [2.75, 3.05) is 29.9 Å². The molecule has 0 bridgehead atoms. The smallest absolute Gasteiger partial charge is 0.263 e. The van der Waals surface area contributed by atoms with E-state index in [9.17, 15) is 24.2 Å². The van der Waals surface area contributed by atoms with E-state index in [-0.39, 0.29) is 34.7 Å². The predicted octanol–water partition coefficient (Wildman–Crippen LogP) is 3.13. The summed E-state index contributed by atoms with van der Waals surface area (Å²) >= 11 is 6.49. The van der Waals surface area contributed by atoms with E-state index in [0.717, 1.165) is 37.4 Å². The molecule has 1 saturated carbocycles. The summed E-state index contributed by atoms with van der Waals surface area (Å²) in [6.07, 6.45) is 5.87. The van der Waals surface area contributed by atoms with Crippen LogP contribution < -0.4 is 21.5 Å². The van der Waals surface area contributed by atoms with E-state index >= 15 is 0 Å². The molecule has 45 heavy (non-hydrogen) atoms. The Morgan fingerprint density at radius 1 is 1.24 bits per heavy atom. The van der Waals surface area contributed by atoms with E-state index in [4.69, 9.17) is 17.3 Å². The second-order valence-corrected chi connectivity index (χ2v) is 12.5. The van der Waals surface area contributed by atoms with Crippen LogP contribution in [0.25, 0.3) is 22.2 Å². The quantitative estimate of drug-likeness (QED) is 0.202. The molecule has 0 radical (unpaired) electrons. The summed E-state index contributed by atoms with van der Waals surface area (Å²) in [5.41, 5.74) is 5.60. The standard InChI is InChI=1S/C31H36ClFN8O4/c1-16-12-39(17(2)18-4-5-18)6-7-41(16)25-10-24(22(32)11-35-25)37-26(42)14-40-13-21(27-30(40)36-15-38(3)31(27)45)19-8-20(29(34)44)28(43)23(33)9-19/h8-11,13,15-18,26,42-43H,4-7,12,14H2,1-3H3,(H2,34,44)(H,35,37)/t16-,17?,26?/m0/s1. The molecule has 12 nitrogen and oxygen atoms in total. The molecular weight excluding hydrogens is 603 g/mol. The number of anilines is 2. The topological polar surface area (TPSA) is 155 Å². The molecule has 3 aromatic heterocycles. The first-order valence-electron chi connectivity index (χ1n) is 14.9. The number of phenols is 1. The Morgan fingerprint density at radius 2 is 2.00 bits per heavy atom. The van der Waals surface area contributed by atoms with E-state index in [1.165, 1.54) is 43.0 Å². The minimum atomic E-state index is -1.18. The number of aromatic hydroxyl groups is 1. The highest BCUT2D eigenvalue weighted by Gasteiger charge is 2.35. The number of nitrogens with zero attached hydrogens (tertiary/aromatic N) is 6. The first-order valence-corrected chi connectivity index (χ1v) is 15.3. The lowest BCUT2D eigenvalue weighted by Crippen LogP contribution is -2.55. The first kappa shape index (κ1) is 30.8. The molecule has 14 heteroatoms. The third kappa shape index (κ3) is 5.95. The average molecular weight is 639 g/mol. The fourth-order valence-electron chi connectivity index (χ4n) is 6.25. The number of aromatic nitrogens is 4. The summed E-state index contributed by atoms with van der Waals surface area (Å²) < 4.78 is 17.4. The fraction of sp³-hybridized carbons (Fsp3) is 0.419. The molecular formula is C31H36ClFN8O4. The van der Waals surface area contributed by atoms with Crippen LogP contribution >= 0.6 is 11.6 Å². The van der Waals surface area contributed by atoms with Crippen molar-refractivity contribution in [2.45, 2.75) is 51.5 Å². The van der Waals surface area contributed by atoms with Crippen LogP contribution in [0, 0.1) is 11.7 Å². The van der Waals surface area contributed by atoms with E-state index in [0.29, 0.717) is 16.8 Å². The number of fused-ring (bicyclic) bond motifs is 1. The third-order valence-corrected chi connectivity index (χ3v) is 9.24. The number of benzene rings is 1. The SMILES string of the molecule is CC(C1CC1)N1CCN(c2cc(NC(O)Cn3cc(-c4cc(F)c(O)c(C(N)=O)c4)c4c(=O)n(C)cnc43)c(Cl)cn2)[C@@H](C)C1. The minimum Gasteiger partial charge on any atom is -0.504 e. The number of halogens is 2. The van der Waals surface area contributed by atoms with Gasteiger partial charge in [-0.3, -0.25) is 14.5 Å². The molecule has 4 aromatic rings. The number of rotatable bonds is 9. The van der Waals surface area contributed by atoms with Crippen LogP contribution in [0.4, 0.5) is 15.9 Å². The number of nitrogens with two attached hydrogens (primary N) is 1. The Balaban J connectivity index is 1.26. The van der Waals surface area contributed by atoms with Gasteiger partial charge in [-0.05, 0) is 50.3 Å². The minimum absolute atomic E-state index is 0.0674. The number of aliphatic hydroxyl groups is 1. The molecule has 5 N–H and O–H groups in total. The number of amides is 1. The van der Waals surface area contributed by atoms with Gasteiger partial charge in [0.25, 0.3) is 11.5 Å². The van der Waals surface area contributed by atoms with Gasteiger partial charge in [0.2, 0.25) is 0 Å². The molecule has 1 aromatic carbocycles. The monoisotopic (exact) mass is 638 g/mol. The maximum absolute atomic E-state index is 14.6. The van der Waals surface area contributed by atoms with Crippen molar-refractivity contribution in [3.8, 4) is 16.9 Å². The Hall–Kier alpha value is -4.20. The number of aliphatic hydroxyl groups excluding tert-OH is 1. The van der Waals surface area contributed by atoms with Gasteiger partial charge in [0.15, 0.2) is 11.6 Å². The normalized spacial score (nSPS) is 18.7. The maximum atomic E-state index is 14.6. The van der Waals surface area contributed by atoms with Crippen LogP contribution in [0.15, 0.2) is 41.7 Å². The fourth-order valence-corrected chi connectivity index (χ4v) is 6.40. The lowest BCUT2D eigenvalue weighted by atomic mass is 10.0. The van der Waals surface area contributed by atoms with E-state index in [2.05, 4.69) is 38.9 Å². The molecule has 238 valence electrons. The highest BCUT2D eigenvalue weighted by Crippen LogP contribution is 2.37. The highest BCUT2D eigenvalue weighted by atomic mass is 35.5. The van der Waals surface area contributed by atoms with Crippen molar-refractivity contribution in [2.24, 2.45) is 18.7 Å². The van der Waals surface area contributed by atoms with Crippen molar-refractivity contribution >= 4 is 40.0 Å². The third-order valence-electron chi connectivity index (χ3n) is 8.94. The zero-order valence-electron chi connectivity index (χ0n) is 25.2. The predicted molar refractivity (Wildman–Crippen MR) is 170 cm³/mol. The number of nitrogens with one attached hydrogen (secondary N) is 1. The second kappa shape index (κ2) is 12.0. The number of carbonyl (C=O) groups excluding carboxylic acids is 1. The zero-order valence-corrected chi connectivity index (χ0v) is 26.0. The second-order valence-electron chi connectivity index (χ2n) is 12.1. The summed E-state index contributed by atoms with van der Waals surface area (Å²) in [5.74, 6) is -1.42. The molecule has 1 aliphatic carbocycles. The molecule has 1 amide bonds. The molecule has 2 aliphatic rings. The van der Waals surface area contributed by atoms with Crippen molar-refractivity contribution in [3.05, 3.63) is 63.7 Å². The van der Waals surface area contributed by atoms with Gasteiger partial charge in [0.1, 0.15) is 17.7 Å². The number of hydrogen-bond acceptors (Lipinski definition) is 9. The van der Waals surface area contributed by atoms with Crippen molar-refractivity contribution in [1.82, 2.24) is 24.0 Å². The van der Waals surface area contributed by atoms with Crippen LogP contribution in [0.2, 0.25) is 5.02 Å². The summed E-state index contributed by atoms with van der Waals surface area (Å²) in [5, 5.41) is 24.7. The molecule has 0 spiro atoms. The number of hydrogen-bond donors (Lipinski definition) is 4. The van der Waals surface area contributed by atoms with Gasteiger partial charge < -0.3 is 35.3 Å². The Labute approximate surface area is 263 Å². The van der Waals surface area contributed by atoms with Crippen LogP contribution in [-0.2, 0) is 13.6 Å². The van der Waals surface area contributed by atoms with Crippen LogP contribution in [0.3, 0.4) is 0 Å². The van der Waals surface area contributed by atoms with Crippen LogP contribution in [0.1, 0.15) is 37.0 Å². The van der Waals surface area contributed by atoms with E-state index < -0.39 is 34.8 Å². The summed E-state index contributed by atoms with van der Waals surface area (Å²) in [7, 11) is 1.52. The summed E-state index contributed by atoms with van der Waals surface area (Å²) in [4.78, 5) is 38.8. The Bertz CT molecular complexity index is 1840. The van der Waals surface area contributed by atoms with Crippen LogP contribution in [-0.4, -0.2) is 78.1 Å². The van der Waals surface area contributed by atoms with Gasteiger partial charge in [-0.15, -0.1) is 0 Å². The number of primary amides is 1. The van der Waals surface area contributed by atoms with E-state index in [1.807, 2.05) is 6.07 Å². The van der Waals surface area contributed by atoms with Crippen molar-refractivity contribution < 1.29 is 19.4 Å². The van der Waals surface area contributed by atoms with Gasteiger partial charge >= 0.3 is 0 Å². The van der Waals surface area contributed by atoms with Crippen molar-refractivity contribution in [3.63, 3.8) is 0 Å². The van der Waals surface area contributed by atoms with Crippen molar-refractivity contribution in [1.29, 1.82) is 0 Å². The lowest BCUT2D eigenvalue weighted by molar-refractivity contribution is 0.0997. The Morgan fingerprint density at radius 3 is 2.69 bits per heavy atom. The van der Waals surface area contributed by atoms with Crippen LogP contribution in [0.5, 0.6) is 5.75 Å². The molecule has 4 heterocycles. The lowest BCUT2D eigenvalue weighted by Gasteiger charge is -2.43. The van der Waals surface area contributed by atoms with Gasteiger partial charge in [-0.1, -0.05) is 11.6 Å². The first-order chi connectivity index (χ1) is 21.4. The number of aryl methyl sites for hydroxylation is 1. The molecule has 2 unspecified atom stereocenters. The molecule has 6 rings (SSSR count). The van der Waals surface area contributed by atoms with Gasteiger partial charge in [-0.25, -0.2) is 14.4 Å². The van der Waals surface area contributed by atoms with Gasteiger partial charge in [0, 0.05) is 62.8 Å². The summed E-state index contributed by atoms with van der Waals surface area (Å²) in [6, 6.07) is 4.86. The molecule has 2 fully saturated rings. The van der Waals surface area contributed by atoms with Gasteiger partial charge in [-0.2, -0.15) is 0 Å². The number of carbonyl (C=O) groups is 1. The number of pyridine rings is 1. The number of piperazine rings is 1. The van der Waals surface area contributed by atoms with E-state index in [1.54, 1.807) is 10.8 Å².